The first kappa shape index (κ1) is 85.2. The van der Waals surface area contributed by atoms with E-state index in [0.717, 1.165) is 167 Å². The minimum atomic E-state index is -4.92. The molecule has 0 fully saturated rings. The number of aliphatic hydroxyl groups excluding tert-OH is 2. The molecule has 0 aliphatic carbocycles. The highest BCUT2D eigenvalue weighted by Crippen LogP contribution is 2.45. The number of allylic oxidation sites excluding steroid dienone is 18. The van der Waals surface area contributed by atoms with Crippen LogP contribution >= 0.6 is 15.6 Å². The molecule has 5 atom stereocenters. The Bertz CT molecular complexity index is 2060. The molecule has 0 aliphatic rings. The zero-order chi connectivity index (χ0) is 65.3. The number of ether oxygens (including phenoxy) is 3. The van der Waals surface area contributed by atoms with Crippen molar-refractivity contribution in [1.29, 1.82) is 0 Å². The van der Waals surface area contributed by atoms with Gasteiger partial charge >= 0.3 is 33.6 Å². The van der Waals surface area contributed by atoms with Crippen LogP contribution in [0.3, 0.4) is 0 Å². The lowest BCUT2D eigenvalue weighted by molar-refractivity contribution is -0.161. The maximum Gasteiger partial charge on any atom is 0.472 e. The molecule has 0 aromatic carbocycles. The molecule has 5 unspecified atom stereocenters. The topological polar surface area (TPSA) is 231 Å². The van der Waals surface area contributed by atoms with Gasteiger partial charge in [-0.2, -0.15) is 0 Å². The maximum absolute atomic E-state index is 12.9. The fraction of sp³-hybridized carbons (Fsp3) is 0.704. The number of aliphatic hydroxyl groups is 2. The summed E-state index contributed by atoms with van der Waals surface area (Å²) in [7, 11) is -9.78. The molecule has 0 spiro atoms. The Balaban J connectivity index is 4.57. The monoisotopic (exact) mass is 1290 g/mol. The highest BCUT2D eigenvalue weighted by atomic mass is 31.2. The van der Waals surface area contributed by atoms with Crippen LogP contribution in [-0.2, 0) is 55.8 Å². The molecule has 0 aromatic rings. The predicted molar refractivity (Wildman–Crippen MR) is 362 cm³/mol. The largest absolute Gasteiger partial charge is 0.472 e. The van der Waals surface area contributed by atoms with Crippen LogP contribution in [0.2, 0.25) is 0 Å². The van der Waals surface area contributed by atoms with Crippen LogP contribution in [0.25, 0.3) is 0 Å². The molecule has 0 saturated heterocycles. The summed E-state index contributed by atoms with van der Waals surface area (Å²) in [6, 6.07) is 0. The summed E-state index contributed by atoms with van der Waals surface area (Å²) in [6.07, 6.45) is 71.4. The zero-order valence-electron chi connectivity index (χ0n) is 55.3. The van der Waals surface area contributed by atoms with E-state index in [4.69, 9.17) is 32.3 Å². The molecule has 18 heteroatoms. The first-order valence-corrected chi connectivity index (χ1v) is 37.2. The first-order chi connectivity index (χ1) is 43.2. The minimum Gasteiger partial charge on any atom is -0.463 e. The second-order valence-electron chi connectivity index (χ2n) is 22.6. The maximum atomic E-state index is 12.9. The molecule has 0 amide bonds. The molecule has 0 heterocycles. The van der Waals surface area contributed by atoms with Crippen molar-refractivity contribution < 1.29 is 75.8 Å². The number of hydrogen-bond acceptors (Lipinski definition) is 14. The highest BCUT2D eigenvalue weighted by Gasteiger charge is 2.29. The smallest absolute Gasteiger partial charge is 0.463 e. The van der Waals surface area contributed by atoms with Gasteiger partial charge in [-0.15, -0.1) is 0 Å². The molecule has 0 saturated carbocycles. The number of carbonyl (C=O) groups is 3. The van der Waals surface area contributed by atoms with Gasteiger partial charge in [-0.1, -0.05) is 252 Å². The van der Waals surface area contributed by atoms with Crippen LogP contribution < -0.4 is 0 Å². The Hall–Kier alpha value is -3.79. The van der Waals surface area contributed by atoms with Crippen LogP contribution in [0.5, 0.6) is 0 Å². The molecule has 89 heavy (non-hydrogen) atoms. The third-order valence-electron chi connectivity index (χ3n) is 14.0. The molecular formula is C71H122O16P2. The van der Waals surface area contributed by atoms with Gasteiger partial charge in [-0.05, 0) is 103 Å². The van der Waals surface area contributed by atoms with Gasteiger partial charge < -0.3 is 34.2 Å². The van der Waals surface area contributed by atoms with Gasteiger partial charge in [-0.3, -0.25) is 32.5 Å². The second-order valence-corrected chi connectivity index (χ2v) is 25.5. The molecule has 0 radical (unpaired) electrons. The van der Waals surface area contributed by atoms with Crippen molar-refractivity contribution in [3.05, 3.63) is 109 Å². The van der Waals surface area contributed by atoms with E-state index < -0.39 is 91.5 Å². The summed E-state index contributed by atoms with van der Waals surface area (Å²) in [5.74, 6) is -1.60. The van der Waals surface area contributed by atoms with Gasteiger partial charge in [0, 0.05) is 19.3 Å². The standard InChI is InChI=1S/C71H122O16P2/c1-4-7-10-13-16-19-22-24-26-28-30-31-32-33-35-37-38-40-43-45-48-51-54-57-69(74)81-60-66(72)61-83-88(77,78)84-62-67(73)63-85-89(79,80)86-65-68(87-71(76)59-56-53-50-47-42-21-18-15-12-9-6-3)64-82-70(75)58-55-52-49-46-44-41-39-36-34-29-27-25-23-20-17-14-11-8-5-2/h7-8,10-11,16-17,19-20,24-27,30-31,33-36,66-68,72-73H,4-6,9,12-15,18,21-23,28-29,32,37-65H2,1-3H3,(H,77,78)(H,79,80)/b10-7-,11-8-,19-16-,20-17-,26-24-,27-25-,31-30-,35-33-,36-34-. The van der Waals surface area contributed by atoms with Crippen LogP contribution in [0, 0.1) is 0 Å². The van der Waals surface area contributed by atoms with Gasteiger partial charge in [0.2, 0.25) is 0 Å². The predicted octanol–water partition coefficient (Wildman–Crippen LogP) is 18.9. The molecule has 512 valence electrons. The van der Waals surface area contributed by atoms with Crippen molar-refractivity contribution in [3.63, 3.8) is 0 Å². The number of unbranched alkanes of at least 4 members (excludes halogenated alkanes) is 23. The lowest BCUT2D eigenvalue weighted by Crippen LogP contribution is -2.30. The lowest BCUT2D eigenvalue weighted by Gasteiger charge is -2.21. The molecular weight excluding hydrogens is 1170 g/mol. The van der Waals surface area contributed by atoms with E-state index >= 15 is 0 Å². The van der Waals surface area contributed by atoms with Crippen LogP contribution in [0.1, 0.15) is 265 Å². The summed E-state index contributed by atoms with van der Waals surface area (Å²) in [4.78, 5) is 58.3. The quantitative estimate of drug-likeness (QED) is 0.0146. The van der Waals surface area contributed by atoms with E-state index in [2.05, 4.69) is 130 Å². The molecule has 0 rings (SSSR count). The Kier molecular flexibility index (Phi) is 61.6. The van der Waals surface area contributed by atoms with Crippen molar-refractivity contribution in [3.8, 4) is 0 Å². The van der Waals surface area contributed by atoms with Gasteiger partial charge in [0.15, 0.2) is 6.10 Å². The number of phosphoric ester groups is 2. The second kappa shape index (κ2) is 64.3. The average molecular weight is 1290 g/mol. The average Bonchev–Trinajstić information content (AvgIpc) is 3.54. The summed E-state index contributed by atoms with van der Waals surface area (Å²) < 4.78 is 60.8. The SMILES string of the molecule is CC/C=C\C/C=C\C/C=C\C/C=C\C/C=C\CCCCCCCCCC(=O)OCC(O)COP(=O)(O)OCC(O)COP(=O)(O)OCC(COC(=O)CCCCCCCC/C=C\C/C=C\C/C=C\C/C=C\CC)OC(=O)CCCCCCCCCCCCC. The van der Waals surface area contributed by atoms with Crippen LogP contribution in [0.4, 0.5) is 0 Å². The van der Waals surface area contributed by atoms with E-state index in [1.54, 1.807) is 0 Å². The van der Waals surface area contributed by atoms with E-state index in [1.807, 2.05) is 0 Å². The Morgan fingerprint density at radius 3 is 0.944 bits per heavy atom. The third kappa shape index (κ3) is 65.5. The van der Waals surface area contributed by atoms with E-state index in [9.17, 15) is 43.5 Å². The summed E-state index contributed by atoms with van der Waals surface area (Å²) in [5.41, 5.74) is 0. The Labute approximate surface area is 539 Å². The van der Waals surface area contributed by atoms with Crippen molar-refractivity contribution in [2.75, 3.05) is 39.6 Å². The Morgan fingerprint density at radius 2 is 0.596 bits per heavy atom. The highest BCUT2D eigenvalue weighted by molar-refractivity contribution is 7.47. The van der Waals surface area contributed by atoms with Crippen molar-refractivity contribution >= 4 is 33.6 Å². The minimum absolute atomic E-state index is 0.102. The van der Waals surface area contributed by atoms with Crippen molar-refractivity contribution in [1.82, 2.24) is 0 Å². The lowest BCUT2D eigenvalue weighted by atomic mass is 10.1. The summed E-state index contributed by atoms with van der Waals surface area (Å²) in [5, 5.41) is 20.5. The first-order valence-electron chi connectivity index (χ1n) is 34.2. The van der Waals surface area contributed by atoms with Gasteiger partial charge in [0.05, 0.1) is 26.4 Å². The summed E-state index contributed by atoms with van der Waals surface area (Å²) >= 11 is 0. The number of rotatable bonds is 64. The van der Waals surface area contributed by atoms with Gasteiger partial charge in [-0.25, -0.2) is 9.13 Å². The Morgan fingerprint density at radius 1 is 0.326 bits per heavy atom. The van der Waals surface area contributed by atoms with Gasteiger partial charge in [0.1, 0.15) is 25.4 Å². The fourth-order valence-corrected chi connectivity index (χ4v) is 10.4. The molecule has 16 nitrogen and oxygen atoms in total. The fourth-order valence-electron chi connectivity index (χ4n) is 8.82. The number of esters is 3. The summed E-state index contributed by atoms with van der Waals surface area (Å²) in [6.45, 7) is 2.40. The normalized spacial score (nSPS) is 14.9. The zero-order valence-corrected chi connectivity index (χ0v) is 57.1. The van der Waals surface area contributed by atoms with E-state index in [0.29, 0.717) is 19.3 Å². The van der Waals surface area contributed by atoms with Gasteiger partial charge in [0.25, 0.3) is 0 Å². The third-order valence-corrected chi connectivity index (χ3v) is 15.9. The van der Waals surface area contributed by atoms with E-state index in [-0.39, 0.29) is 19.3 Å². The molecule has 0 aromatic heterocycles. The molecule has 4 N–H and O–H groups in total. The molecule has 0 aliphatic heterocycles. The van der Waals surface area contributed by atoms with E-state index in [1.165, 1.54) is 38.5 Å². The number of phosphoric acid groups is 2. The van der Waals surface area contributed by atoms with Crippen molar-refractivity contribution in [2.24, 2.45) is 0 Å². The van der Waals surface area contributed by atoms with Crippen LogP contribution in [0.15, 0.2) is 109 Å². The number of carbonyl (C=O) groups excluding carboxylic acids is 3. The van der Waals surface area contributed by atoms with Crippen LogP contribution in [-0.4, -0.2) is 95.9 Å². The molecule has 0 bridgehead atoms. The van der Waals surface area contributed by atoms with Crippen molar-refractivity contribution in [2.45, 2.75) is 283 Å². The number of hydrogen-bond donors (Lipinski definition) is 4.